The van der Waals surface area contributed by atoms with E-state index in [0.717, 1.165) is 25.7 Å². The van der Waals surface area contributed by atoms with Crippen molar-refractivity contribution in [3.8, 4) is 0 Å². The monoisotopic (exact) mass is 260 g/mol. The fraction of sp³-hybridized carbons (Fsp3) is 0.917. The highest BCUT2D eigenvalue weighted by molar-refractivity contribution is 8.21. The van der Waals surface area contributed by atoms with Gasteiger partial charge in [0, 0.05) is 11.5 Å². The lowest BCUT2D eigenvalue weighted by atomic mass is 9.67. The molecule has 0 aromatic carbocycles. The lowest BCUT2D eigenvalue weighted by Gasteiger charge is -2.43. The number of thioether (sulfide) groups is 2. The Kier molecular flexibility index (Phi) is 3.51. The van der Waals surface area contributed by atoms with E-state index in [1.54, 1.807) is 0 Å². The van der Waals surface area contributed by atoms with Crippen LogP contribution in [-0.2, 0) is 4.79 Å². The maximum atomic E-state index is 11.5. The number of carbonyl (C=O) groups is 1. The van der Waals surface area contributed by atoms with E-state index in [1.165, 1.54) is 11.5 Å². The molecule has 4 heteroatoms. The molecule has 1 aliphatic carbocycles. The molecule has 2 rings (SSSR count). The molecule has 0 aromatic rings. The number of aliphatic carboxylic acids is 1. The first-order valence-electron chi connectivity index (χ1n) is 6.02. The summed E-state index contributed by atoms with van der Waals surface area (Å²) in [7, 11) is 0. The van der Waals surface area contributed by atoms with E-state index in [2.05, 4.69) is 37.4 Å². The number of carboxylic acid groups (broad SMARTS) is 1. The van der Waals surface area contributed by atoms with Gasteiger partial charge in [-0.1, -0.05) is 13.8 Å². The number of hydrogen-bond acceptors (Lipinski definition) is 3. The van der Waals surface area contributed by atoms with Crippen molar-refractivity contribution in [2.45, 2.75) is 43.6 Å². The molecule has 1 aliphatic heterocycles. The van der Waals surface area contributed by atoms with E-state index >= 15 is 0 Å². The maximum Gasteiger partial charge on any atom is 0.309 e. The average molecular weight is 260 g/mol. The topological polar surface area (TPSA) is 37.3 Å². The first-order chi connectivity index (χ1) is 7.51. The van der Waals surface area contributed by atoms with Gasteiger partial charge >= 0.3 is 5.97 Å². The van der Waals surface area contributed by atoms with E-state index in [0.29, 0.717) is 4.08 Å². The van der Waals surface area contributed by atoms with Crippen molar-refractivity contribution in [2.75, 3.05) is 11.5 Å². The smallest absolute Gasteiger partial charge is 0.309 e. The predicted molar refractivity (Wildman–Crippen MR) is 71.0 cm³/mol. The number of rotatable bonds is 2. The Morgan fingerprint density at radius 3 is 2.00 bits per heavy atom. The molecule has 0 aromatic heterocycles. The summed E-state index contributed by atoms with van der Waals surface area (Å²) in [6, 6.07) is 0. The van der Waals surface area contributed by atoms with Crippen molar-refractivity contribution in [2.24, 2.45) is 11.3 Å². The third-order valence-electron chi connectivity index (χ3n) is 4.25. The van der Waals surface area contributed by atoms with Crippen LogP contribution in [0.2, 0.25) is 0 Å². The van der Waals surface area contributed by atoms with Crippen molar-refractivity contribution in [3.05, 3.63) is 0 Å². The SMILES string of the molecule is CC(C)C1(C(=O)O)CCC2(CC1)SCCS2. The summed E-state index contributed by atoms with van der Waals surface area (Å²) >= 11 is 4.12. The Labute approximate surface area is 106 Å². The lowest BCUT2D eigenvalue weighted by Crippen LogP contribution is -2.43. The molecular formula is C12H20O2S2. The minimum Gasteiger partial charge on any atom is -0.481 e. The Balaban J connectivity index is 2.09. The standard InChI is InChI=1S/C12H20O2S2/c1-9(2)11(10(13)14)3-5-12(6-4-11)15-7-8-16-12/h9H,3-8H2,1-2H3,(H,13,14). The molecule has 1 saturated carbocycles. The van der Waals surface area contributed by atoms with Gasteiger partial charge in [0.2, 0.25) is 0 Å². The van der Waals surface area contributed by atoms with Crippen molar-refractivity contribution in [1.29, 1.82) is 0 Å². The van der Waals surface area contributed by atoms with E-state index < -0.39 is 11.4 Å². The van der Waals surface area contributed by atoms with Crippen LogP contribution < -0.4 is 0 Å². The zero-order valence-electron chi connectivity index (χ0n) is 9.99. The molecule has 2 aliphatic rings. The van der Waals surface area contributed by atoms with E-state index in [9.17, 15) is 9.90 Å². The molecule has 0 atom stereocenters. The van der Waals surface area contributed by atoms with Crippen LogP contribution in [0.3, 0.4) is 0 Å². The van der Waals surface area contributed by atoms with Crippen LogP contribution in [0.5, 0.6) is 0 Å². The Bertz CT molecular complexity index is 273. The first-order valence-corrected chi connectivity index (χ1v) is 7.99. The first kappa shape index (κ1) is 12.6. The molecule has 2 fully saturated rings. The summed E-state index contributed by atoms with van der Waals surface area (Å²) in [5, 5.41) is 9.48. The number of hydrogen-bond donors (Lipinski definition) is 1. The molecule has 1 saturated heterocycles. The van der Waals surface area contributed by atoms with Crippen LogP contribution in [0.4, 0.5) is 0 Å². The summed E-state index contributed by atoms with van der Waals surface area (Å²) in [6.07, 6.45) is 3.87. The zero-order chi connectivity index (χ0) is 11.8. The second-order valence-corrected chi connectivity index (χ2v) is 8.44. The van der Waals surface area contributed by atoms with Crippen LogP contribution in [0.15, 0.2) is 0 Å². The van der Waals surface area contributed by atoms with Crippen LogP contribution in [-0.4, -0.2) is 26.7 Å². The van der Waals surface area contributed by atoms with Gasteiger partial charge in [0.25, 0.3) is 0 Å². The van der Waals surface area contributed by atoms with Crippen molar-refractivity contribution in [1.82, 2.24) is 0 Å². The zero-order valence-corrected chi connectivity index (χ0v) is 11.6. The average Bonchev–Trinajstić information content (AvgIpc) is 2.67. The minimum absolute atomic E-state index is 0.249. The summed E-state index contributed by atoms with van der Waals surface area (Å²) < 4.78 is 0.369. The molecule has 0 amide bonds. The molecule has 2 nitrogen and oxygen atoms in total. The highest BCUT2D eigenvalue weighted by Crippen LogP contribution is 2.58. The van der Waals surface area contributed by atoms with E-state index in [-0.39, 0.29) is 5.92 Å². The van der Waals surface area contributed by atoms with Crippen LogP contribution in [0.25, 0.3) is 0 Å². The van der Waals surface area contributed by atoms with Crippen LogP contribution in [0.1, 0.15) is 39.5 Å². The van der Waals surface area contributed by atoms with Crippen molar-refractivity contribution < 1.29 is 9.90 Å². The summed E-state index contributed by atoms with van der Waals surface area (Å²) in [6.45, 7) is 4.11. The van der Waals surface area contributed by atoms with Gasteiger partial charge in [-0.2, -0.15) is 0 Å². The third-order valence-corrected chi connectivity index (χ3v) is 7.90. The highest BCUT2D eigenvalue weighted by Gasteiger charge is 2.50. The van der Waals surface area contributed by atoms with Gasteiger partial charge in [0.05, 0.1) is 9.49 Å². The largest absolute Gasteiger partial charge is 0.481 e. The normalized spacial score (nSPS) is 27.4. The van der Waals surface area contributed by atoms with Crippen molar-refractivity contribution >= 4 is 29.5 Å². The summed E-state index contributed by atoms with van der Waals surface area (Å²) in [5.41, 5.74) is -0.449. The molecule has 1 N–H and O–H groups in total. The molecule has 0 bridgehead atoms. The fourth-order valence-corrected chi connectivity index (χ4v) is 6.13. The van der Waals surface area contributed by atoms with Gasteiger partial charge in [-0.15, -0.1) is 23.5 Å². The van der Waals surface area contributed by atoms with E-state index in [4.69, 9.17) is 0 Å². The van der Waals surface area contributed by atoms with Gasteiger partial charge in [-0.3, -0.25) is 4.79 Å². The molecule has 16 heavy (non-hydrogen) atoms. The molecular weight excluding hydrogens is 240 g/mol. The lowest BCUT2D eigenvalue weighted by molar-refractivity contribution is -0.154. The second kappa shape index (κ2) is 4.45. The Morgan fingerprint density at radius 2 is 1.62 bits per heavy atom. The van der Waals surface area contributed by atoms with E-state index in [1.807, 2.05) is 0 Å². The Hall–Kier alpha value is 0.170. The van der Waals surface area contributed by atoms with Gasteiger partial charge in [0.15, 0.2) is 0 Å². The van der Waals surface area contributed by atoms with Gasteiger partial charge in [-0.25, -0.2) is 0 Å². The third kappa shape index (κ3) is 1.99. The van der Waals surface area contributed by atoms with Crippen LogP contribution in [0, 0.1) is 11.3 Å². The molecule has 1 spiro atoms. The van der Waals surface area contributed by atoms with Gasteiger partial charge in [0.1, 0.15) is 0 Å². The minimum atomic E-state index is -0.578. The van der Waals surface area contributed by atoms with Crippen LogP contribution >= 0.6 is 23.5 Å². The molecule has 0 unspecified atom stereocenters. The Morgan fingerprint density at radius 1 is 1.12 bits per heavy atom. The molecule has 0 radical (unpaired) electrons. The predicted octanol–water partition coefficient (Wildman–Crippen LogP) is 3.46. The maximum absolute atomic E-state index is 11.5. The summed E-state index contributed by atoms with van der Waals surface area (Å²) in [4.78, 5) is 11.5. The van der Waals surface area contributed by atoms with Crippen molar-refractivity contribution in [3.63, 3.8) is 0 Å². The summed E-state index contributed by atoms with van der Waals surface area (Å²) in [5.74, 6) is 2.16. The quantitative estimate of drug-likeness (QED) is 0.825. The fourth-order valence-electron chi connectivity index (χ4n) is 2.90. The van der Waals surface area contributed by atoms with Gasteiger partial charge < -0.3 is 5.11 Å². The number of carboxylic acids is 1. The molecule has 92 valence electrons. The second-order valence-electron chi connectivity index (χ2n) is 5.22. The molecule has 1 heterocycles. The van der Waals surface area contributed by atoms with Gasteiger partial charge in [-0.05, 0) is 31.6 Å². The highest BCUT2D eigenvalue weighted by atomic mass is 32.2.